The van der Waals surface area contributed by atoms with E-state index in [1.807, 2.05) is 37.3 Å². The molecular formula is C13H15N5O. The highest BCUT2D eigenvalue weighted by Gasteiger charge is 2.07. The van der Waals surface area contributed by atoms with Crippen LogP contribution in [-0.4, -0.2) is 21.8 Å². The molecule has 2 rings (SSSR count). The lowest BCUT2D eigenvalue weighted by Gasteiger charge is -2.11. The van der Waals surface area contributed by atoms with Crippen molar-refractivity contribution >= 4 is 0 Å². The minimum absolute atomic E-state index is 0.0696. The number of aromatic nitrogens is 3. The van der Waals surface area contributed by atoms with Crippen LogP contribution in [-0.2, 0) is 6.54 Å². The average molecular weight is 257 g/mol. The predicted molar refractivity (Wildman–Crippen MR) is 69.2 cm³/mol. The quantitative estimate of drug-likeness (QED) is 0.820. The summed E-state index contributed by atoms with van der Waals surface area (Å²) in [5.41, 5.74) is 1.13. The zero-order valence-electron chi connectivity index (χ0n) is 10.6. The molecule has 0 aliphatic heterocycles. The van der Waals surface area contributed by atoms with E-state index in [0.29, 0.717) is 5.75 Å². The highest BCUT2D eigenvalue weighted by molar-refractivity contribution is 5.27. The molecule has 0 aliphatic carbocycles. The van der Waals surface area contributed by atoms with Crippen molar-refractivity contribution in [1.29, 1.82) is 5.26 Å². The van der Waals surface area contributed by atoms with Gasteiger partial charge in [0, 0.05) is 6.54 Å². The number of ether oxygens (including phenoxy) is 1. The minimum atomic E-state index is 0.0696. The molecule has 0 spiro atoms. The second kappa shape index (κ2) is 6.52. The zero-order chi connectivity index (χ0) is 13.5. The van der Waals surface area contributed by atoms with Gasteiger partial charge in [-0.05, 0) is 24.6 Å². The molecule has 98 valence electrons. The lowest BCUT2D eigenvalue weighted by atomic mass is 10.2. The van der Waals surface area contributed by atoms with E-state index in [4.69, 9.17) is 10.00 Å². The van der Waals surface area contributed by atoms with Crippen LogP contribution in [0.5, 0.6) is 5.75 Å². The maximum Gasteiger partial charge on any atom is 0.174 e. The number of nitrogens with one attached hydrogen (secondary N) is 2. The van der Waals surface area contributed by atoms with Gasteiger partial charge in [0.2, 0.25) is 0 Å². The maximum absolute atomic E-state index is 8.42. The smallest absolute Gasteiger partial charge is 0.174 e. The highest BCUT2D eigenvalue weighted by atomic mass is 16.5. The molecule has 0 amide bonds. The first-order valence-corrected chi connectivity index (χ1v) is 5.97. The monoisotopic (exact) mass is 257 g/mol. The molecule has 1 aromatic carbocycles. The number of hydrogen-bond acceptors (Lipinski definition) is 5. The number of H-pyrrole nitrogens is 1. The Labute approximate surface area is 111 Å². The van der Waals surface area contributed by atoms with Crippen molar-refractivity contribution in [3.8, 4) is 11.8 Å². The fraction of sp³-hybridized carbons (Fsp3) is 0.308. The number of nitrogens with zero attached hydrogens (tertiary/aromatic N) is 3. The first-order chi connectivity index (χ1) is 9.29. The third kappa shape index (κ3) is 3.79. The van der Waals surface area contributed by atoms with E-state index < -0.39 is 0 Å². The molecular weight excluding hydrogens is 242 g/mol. The van der Waals surface area contributed by atoms with E-state index in [1.165, 1.54) is 6.33 Å². The second-order valence-corrected chi connectivity index (χ2v) is 4.06. The molecule has 0 radical (unpaired) electrons. The predicted octanol–water partition coefficient (Wildman–Crippen LogP) is 1.56. The van der Waals surface area contributed by atoms with Gasteiger partial charge >= 0.3 is 0 Å². The van der Waals surface area contributed by atoms with Gasteiger partial charge in [0.25, 0.3) is 0 Å². The van der Waals surface area contributed by atoms with Crippen LogP contribution in [0.15, 0.2) is 30.6 Å². The van der Waals surface area contributed by atoms with Crippen LogP contribution < -0.4 is 10.1 Å². The minimum Gasteiger partial charge on any atom is -0.479 e. The summed E-state index contributed by atoms with van der Waals surface area (Å²) in [6.45, 7) is 2.81. The third-order valence-corrected chi connectivity index (χ3v) is 2.68. The Balaban J connectivity index is 1.85. The summed E-state index contributed by atoms with van der Waals surface area (Å²) >= 11 is 0. The average Bonchev–Trinajstić information content (AvgIpc) is 2.98. The van der Waals surface area contributed by atoms with Crippen LogP contribution in [0.4, 0.5) is 0 Å². The van der Waals surface area contributed by atoms with Gasteiger partial charge < -0.3 is 10.1 Å². The number of rotatable bonds is 6. The first-order valence-electron chi connectivity index (χ1n) is 5.97. The van der Waals surface area contributed by atoms with Crippen molar-refractivity contribution in [2.24, 2.45) is 0 Å². The largest absolute Gasteiger partial charge is 0.479 e. The van der Waals surface area contributed by atoms with E-state index >= 15 is 0 Å². The Morgan fingerprint density at radius 3 is 2.84 bits per heavy atom. The molecule has 1 aromatic heterocycles. The topological polar surface area (TPSA) is 86.6 Å². The van der Waals surface area contributed by atoms with Gasteiger partial charge in [-0.15, -0.1) is 0 Å². The highest BCUT2D eigenvalue weighted by Crippen LogP contribution is 2.13. The summed E-state index contributed by atoms with van der Waals surface area (Å²) in [7, 11) is 0. The van der Waals surface area contributed by atoms with Gasteiger partial charge in [-0.2, -0.15) is 10.4 Å². The summed E-state index contributed by atoms with van der Waals surface area (Å²) in [5, 5.41) is 18.4. The molecule has 2 aromatic rings. The van der Waals surface area contributed by atoms with E-state index in [9.17, 15) is 0 Å². The molecule has 0 bridgehead atoms. The molecule has 0 fully saturated rings. The summed E-state index contributed by atoms with van der Waals surface area (Å²) in [5.74, 6) is 1.52. The van der Waals surface area contributed by atoms with Crippen molar-refractivity contribution in [3.05, 3.63) is 42.0 Å². The third-order valence-electron chi connectivity index (χ3n) is 2.68. The first kappa shape index (κ1) is 13.1. The Kier molecular flexibility index (Phi) is 4.48. The molecule has 0 saturated carbocycles. The summed E-state index contributed by atoms with van der Waals surface area (Å²) in [4.78, 5) is 4.10. The zero-order valence-corrected chi connectivity index (χ0v) is 10.6. The summed E-state index contributed by atoms with van der Waals surface area (Å²) in [6.07, 6.45) is 1.49. The van der Waals surface area contributed by atoms with Crippen molar-refractivity contribution in [2.75, 3.05) is 6.61 Å². The van der Waals surface area contributed by atoms with Gasteiger partial charge in [-0.3, -0.25) is 5.10 Å². The number of nitriles is 1. The van der Waals surface area contributed by atoms with Crippen LogP contribution >= 0.6 is 0 Å². The Bertz CT molecular complexity index is 529. The van der Waals surface area contributed by atoms with Gasteiger partial charge in [0.05, 0.1) is 6.04 Å². The molecule has 2 N–H and O–H groups in total. The van der Waals surface area contributed by atoms with Crippen LogP contribution in [0.3, 0.4) is 0 Å². The standard InChI is InChI=1S/C13H15N5O/c1-10(13-16-9-17-18-13)15-8-11-2-4-12(5-3-11)19-7-6-14/h2-5,9-10,15H,7-8H2,1H3,(H,16,17,18). The summed E-state index contributed by atoms with van der Waals surface area (Å²) < 4.78 is 5.19. The van der Waals surface area contributed by atoms with Gasteiger partial charge in [-0.25, -0.2) is 4.98 Å². The second-order valence-electron chi connectivity index (χ2n) is 4.06. The lowest BCUT2D eigenvalue weighted by Crippen LogP contribution is -2.19. The lowest BCUT2D eigenvalue weighted by molar-refractivity contribution is 0.368. The van der Waals surface area contributed by atoms with Gasteiger partial charge in [0.1, 0.15) is 24.0 Å². The van der Waals surface area contributed by atoms with E-state index in [2.05, 4.69) is 20.5 Å². The molecule has 1 unspecified atom stereocenters. The molecule has 0 saturated heterocycles. The van der Waals surface area contributed by atoms with Gasteiger partial charge in [-0.1, -0.05) is 12.1 Å². The molecule has 0 aliphatic rings. The van der Waals surface area contributed by atoms with Gasteiger partial charge in [0.15, 0.2) is 6.61 Å². The fourth-order valence-electron chi connectivity index (χ4n) is 1.61. The van der Waals surface area contributed by atoms with Crippen LogP contribution in [0, 0.1) is 11.3 Å². The van der Waals surface area contributed by atoms with Crippen molar-refractivity contribution in [1.82, 2.24) is 20.5 Å². The normalized spacial score (nSPS) is 11.8. The Morgan fingerprint density at radius 2 is 2.21 bits per heavy atom. The number of hydrogen-bond donors (Lipinski definition) is 2. The number of aromatic amines is 1. The van der Waals surface area contributed by atoms with Crippen molar-refractivity contribution < 1.29 is 4.74 Å². The fourth-order valence-corrected chi connectivity index (χ4v) is 1.61. The van der Waals surface area contributed by atoms with Crippen LogP contribution in [0.25, 0.3) is 0 Å². The molecule has 1 heterocycles. The SMILES string of the molecule is CC(NCc1ccc(OCC#N)cc1)c1ncn[nH]1. The van der Waals surface area contributed by atoms with E-state index in [-0.39, 0.29) is 12.6 Å². The molecule has 1 atom stereocenters. The Hall–Kier alpha value is -2.39. The maximum atomic E-state index is 8.42. The van der Waals surface area contributed by atoms with E-state index in [0.717, 1.165) is 17.9 Å². The number of benzene rings is 1. The van der Waals surface area contributed by atoms with E-state index in [1.54, 1.807) is 0 Å². The molecule has 6 heteroatoms. The summed E-state index contributed by atoms with van der Waals surface area (Å²) in [6, 6.07) is 9.68. The van der Waals surface area contributed by atoms with Crippen molar-refractivity contribution in [2.45, 2.75) is 19.5 Å². The molecule has 6 nitrogen and oxygen atoms in total. The van der Waals surface area contributed by atoms with Crippen LogP contribution in [0.1, 0.15) is 24.4 Å². The molecule has 19 heavy (non-hydrogen) atoms. The van der Waals surface area contributed by atoms with Crippen molar-refractivity contribution in [3.63, 3.8) is 0 Å². The van der Waals surface area contributed by atoms with Crippen LogP contribution in [0.2, 0.25) is 0 Å². The Morgan fingerprint density at radius 1 is 1.42 bits per heavy atom.